The quantitative estimate of drug-likeness (QED) is 0.129. The minimum absolute atomic E-state index is 0.0384. The molecule has 2 nitrogen and oxygen atoms in total. The maximum absolute atomic E-state index is 5.57. The molecular weight excluding hydrogens is 703 g/mol. The van der Waals surface area contributed by atoms with Gasteiger partial charge in [-0.05, 0) is 127 Å². The first kappa shape index (κ1) is 37.6. The van der Waals surface area contributed by atoms with E-state index in [4.69, 9.17) is 9.31 Å². The van der Waals surface area contributed by atoms with Crippen LogP contribution in [0.15, 0.2) is 171 Å². The van der Waals surface area contributed by atoms with Crippen molar-refractivity contribution in [2.75, 3.05) is 0 Å². The molecule has 1 fully saturated rings. The SMILES string of the molecule is C=CB1OC(C)(C)C(C)(C)O1.C=Cc1ccc(-c2c3ccccc3c(-c3ccc(-c4ccc5c(c4)C(C)(C)c4ccccc4-5)c4ccccc34)c3ccccc23)cc1. The largest absolute Gasteiger partial charge is 0.486 e. The second-order valence-corrected chi connectivity index (χ2v) is 17.2. The summed E-state index contributed by atoms with van der Waals surface area (Å²) in [5.74, 6) is 1.68. The topological polar surface area (TPSA) is 18.5 Å². The standard InChI is InChI=1S/C47H34.C8H15BO2/c1-4-30-21-23-31(24-22-30)45-38-16-7-9-18-40(38)46(41-19-10-8-17-39(41)45)42-28-27-33(34-13-5-6-14-35(34)42)32-25-26-37-36-15-11-12-20-43(36)47(2,3)44(37)29-32;1-6-9-10-7(2,3)8(4,5)11-9/h4-29H,1H2,2-3H3;6H,1H2,2-5H3. The molecule has 58 heavy (non-hydrogen) atoms. The fraction of sp³-hybridized carbons (Fsp3) is 0.164. The molecular formula is C55H49BO2. The molecule has 8 aromatic carbocycles. The summed E-state index contributed by atoms with van der Waals surface area (Å²) in [4.78, 5) is 0. The molecule has 0 bridgehead atoms. The molecule has 0 amide bonds. The highest BCUT2D eigenvalue weighted by molar-refractivity contribution is 6.51. The van der Waals surface area contributed by atoms with Gasteiger partial charge in [0.05, 0.1) is 11.2 Å². The van der Waals surface area contributed by atoms with Crippen LogP contribution >= 0.6 is 0 Å². The second kappa shape index (κ2) is 14.1. The van der Waals surface area contributed by atoms with Crippen LogP contribution in [-0.4, -0.2) is 18.3 Å². The molecule has 1 saturated heterocycles. The van der Waals surface area contributed by atoms with E-state index in [0.717, 1.165) is 5.56 Å². The van der Waals surface area contributed by atoms with Gasteiger partial charge in [0.15, 0.2) is 0 Å². The molecule has 0 unspecified atom stereocenters. The summed E-state index contributed by atoms with van der Waals surface area (Å²) >= 11 is 0. The van der Waals surface area contributed by atoms with Crippen molar-refractivity contribution in [3.8, 4) is 44.5 Å². The van der Waals surface area contributed by atoms with Gasteiger partial charge in [0.25, 0.3) is 0 Å². The smallest absolute Gasteiger partial charge is 0.400 e. The van der Waals surface area contributed by atoms with Crippen molar-refractivity contribution in [2.45, 2.75) is 58.2 Å². The summed E-state index contributed by atoms with van der Waals surface area (Å²) in [6, 6.07) is 56.2. The molecule has 10 rings (SSSR count). The van der Waals surface area contributed by atoms with Crippen LogP contribution in [0.2, 0.25) is 0 Å². The Kier molecular flexibility index (Phi) is 9.15. The zero-order valence-electron chi connectivity index (χ0n) is 34.4. The fourth-order valence-corrected chi connectivity index (χ4v) is 9.14. The lowest BCUT2D eigenvalue weighted by Crippen LogP contribution is -2.41. The van der Waals surface area contributed by atoms with E-state index < -0.39 is 0 Å². The van der Waals surface area contributed by atoms with Crippen LogP contribution in [0.25, 0.3) is 82.9 Å². The molecule has 3 heteroatoms. The van der Waals surface area contributed by atoms with E-state index in [9.17, 15) is 0 Å². The number of hydrogen-bond acceptors (Lipinski definition) is 2. The predicted octanol–water partition coefficient (Wildman–Crippen LogP) is 14.9. The highest BCUT2D eigenvalue weighted by Crippen LogP contribution is 2.51. The Morgan fingerprint density at radius 3 is 1.43 bits per heavy atom. The maximum Gasteiger partial charge on any atom is 0.486 e. The molecule has 284 valence electrons. The van der Waals surface area contributed by atoms with Crippen LogP contribution in [0.4, 0.5) is 0 Å². The number of benzene rings is 8. The molecule has 1 heterocycles. The summed E-state index contributed by atoms with van der Waals surface area (Å²) in [5, 5.41) is 7.61. The highest BCUT2D eigenvalue weighted by Gasteiger charge is 2.49. The number of hydrogen-bond donors (Lipinski definition) is 0. The minimum atomic E-state index is -0.250. The van der Waals surface area contributed by atoms with E-state index >= 15 is 0 Å². The summed E-state index contributed by atoms with van der Waals surface area (Å²) in [6.07, 6.45) is 1.90. The maximum atomic E-state index is 5.57. The lowest BCUT2D eigenvalue weighted by Gasteiger charge is -2.32. The van der Waals surface area contributed by atoms with Crippen LogP contribution in [0, 0.1) is 0 Å². The second-order valence-electron chi connectivity index (χ2n) is 17.2. The summed E-state index contributed by atoms with van der Waals surface area (Å²) in [7, 11) is -0.250. The molecule has 0 saturated carbocycles. The van der Waals surface area contributed by atoms with Crippen LogP contribution in [0.1, 0.15) is 58.2 Å². The predicted molar refractivity (Wildman–Crippen MR) is 249 cm³/mol. The average Bonchev–Trinajstić information content (AvgIpc) is 3.61. The van der Waals surface area contributed by atoms with Crippen molar-refractivity contribution in [1.29, 1.82) is 0 Å². The van der Waals surface area contributed by atoms with Crippen molar-refractivity contribution < 1.29 is 9.31 Å². The number of fused-ring (bicyclic) bond motifs is 6. The van der Waals surface area contributed by atoms with Crippen LogP contribution < -0.4 is 0 Å². The zero-order chi connectivity index (χ0) is 40.4. The normalized spacial score (nSPS) is 15.8. The van der Waals surface area contributed by atoms with Gasteiger partial charge < -0.3 is 9.31 Å². The van der Waals surface area contributed by atoms with E-state index in [1.54, 1.807) is 5.98 Å². The Bertz CT molecular complexity index is 2840. The minimum Gasteiger partial charge on any atom is -0.400 e. The van der Waals surface area contributed by atoms with Gasteiger partial charge in [0.2, 0.25) is 0 Å². The molecule has 0 atom stereocenters. The van der Waals surface area contributed by atoms with Gasteiger partial charge in [-0.1, -0.05) is 178 Å². The zero-order valence-corrected chi connectivity index (χ0v) is 34.4. The fourth-order valence-electron chi connectivity index (χ4n) is 9.14. The van der Waals surface area contributed by atoms with E-state index in [-0.39, 0.29) is 23.7 Å². The average molecular weight is 753 g/mol. The van der Waals surface area contributed by atoms with E-state index in [1.165, 1.54) is 88.0 Å². The third-order valence-electron chi connectivity index (χ3n) is 12.9. The van der Waals surface area contributed by atoms with Gasteiger partial charge >= 0.3 is 7.12 Å². The summed E-state index contributed by atoms with van der Waals surface area (Å²) in [6.45, 7) is 20.4. The molecule has 0 aromatic heterocycles. The van der Waals surface area contributed by atoms with Gasteiger partial charge in [-0.3, -0.25) is 0 Å². The van der Waals surface area contributed by atoms with Crippen molar-refractivity contribution in [1.82, 2.24) is 0 Å². The molecule has 1 aliphatic carbocycles. The van der Waals surface area contributed by atoms with Crippen molar-refractivity contribution in [3.05, 3.63) is 187 Å². The first-order chi connectivity index (χ1) is 27.9. The Balaban J connectivity index is 0.000000345. The first-order valence-corrected chi connectivity index (χ1v) is 20.3. The third-order valence-corrected chi connectivity index (χ3v) is 12.9. The van der Waals surface area contributed by atoms with Gasteiger partial charge in [0.1, 0.15) is 0 Å². The van der Waals surface area contributed by atoms with E-state index in [1.807, 2.05) is 33.8 Å². The Morgan fingerprint density at radius 2 is 0.879 bits per heavy atom. The Hall–Kier alpha value is -6.00. The molecule has 8 aromatic rings. The summed E-state index contributed by atoms with van der Waals surface area (Å²) in [5.41, 5.74) is 13.7. The van der Waals surface area contributed by atoms with Crippen LogP contribution in [-0.2, 0) is 14.7 Å². The molecule has 1 aliphatic heterocycles. The van der Waals surface area contributed by atoms with Gasteiger partial charge in [-0.25, -0.2) is 0 Å². The molecule has 2 aliphatic rings. The van der Waals surface area contributed by atoms with E-state index in [0.29, 0.717) is 0 Å². The van der Waals surface area contributed by atoms with Crippen molar-refractivity contribution in [3.63, 3.8) is 0 Å². The lowest BCUT2D eigenvalue weighted by molar-refractivity contribution is 0.00578. The Morgan fingerprint density at radius 1 is 0.431 bits per heavy atom. The van der Waals surface area contributed by atoms with Gasteiger partial charge in [-0.15, -0.1) is 6.58 Å². The molecule has 0 spiro atoms. The van der Waals surface area contributed by atoms with Crippen molar-refractivity contribution >= 4 is 45.5 Å². The van der Waals surface area contributed by atoms with Gasteiger partial charge in [-0.2, -0.15) is 0 Å². The Labute approximate surface area is 343 Å². The lowest BCUT2D eigenvalue weighted by atomic mass is 9.81. The monoisotopic (exact) mass is 752 g/mol. The first-order valence-electron chi connectivity index (χ1n) is 20.3. The highest BCUT2D eigenvalue weighted by atomic mass is 16.7. The van der Waals surface area contributed by atoms with Crippen LogP contribution in [0.5, 0.6) is 0 Å². The summed E-state index contributed by atoms with van der Waals surface area (Å²) < 4.78 is 11.1. The van der Waals surface area contributed by atoms with Crippen molar-refractivity contribution in [2.24, 2.45) is 0 Å². The molecule has 0 N–H and O–H groups in total. The third kappa shape index (κ3) is 6.04. The van der Waals surface area contributed by atoms with E-state index in [2.05, 4.69) is 179 Å². The number of rotatable bonds is 5. The van der Waals surface area contributed by atoms with Gasteiger partial charge in [0, 0.05) is 5.41 Å². The van der Waals surface area contributed by atoms with Crippen LogP contribution in [0.3, 0.4) is 0 Å². The molecule has 0 radical (unpaired) electrons.